The van der Waals surface area contributed by atoms with E-state index in [1.165, 1.54) is 24.5 Å². The fourth-order valence-electron chi connectivity index (χ4n) is 3.35. The van der Waals surface area contributed by atoms with Crippen molar-refractivity contribution in [3.05, 3.63) is 41.3 Å². The number of benzene rings is 1. The molecule has 1 aliphatic heterocycles. The van der Waals surface area contributed by atoms with Crippen molar-refractivity contribution in [2.45, 2.75) is 19.4 Å². The van der Waals surface area contributed by atoms with Crippen LogP contribution in [-0.2, 0) is 0 Å². The minimum atomic E-state index is -0.436. The minimum Gasteiger partial charge on any atom is -0.494 e. The second kappa shape index (κ2) is 7.28. The van der Waals surface area contributed by atoms with Gasteiger partial charge in [0.15, 0.2) is 16.5 Å². The molecule has 1 amide bonds. The van der Waals surface area contributed by atoms with Gasteiger partial charge in [0, 0.05) is 42.8 Å². The van der Waals surface area contributed by atoms with E-state index in [2.05, 4.69) is 17.2 Å². The first-order valence-electron chi connectivity index (χ1n) is 8.94. The predicted octanol–water partition coefficient (Wildman–Crippen LogP) is 3.03. The lowest BCUT2D eigenvalue weighted by atomic mass is 10.1. The number of methoxy groups -OCH3 is 1. The Morgan fingerprint density at radius 2 is 2.33 bits per heavy atom. The van der Waals surface area contributed by atoms with Crippen molar-refractivity contribution in [2.75, 3.05) is 26.7 Å². The Hall–Kier alpha value is -2.45. The third kappa shape index (κ3) is 3.30. The first-order valence-corrected chi connectivity index (χ1v) is 9.81. The van der Waals surface area contributed by atoms with E-state index in [-0.39, 0.29) is 11.7 Å². The predicted molar refractivity (Wildman–Crippen MR) is 103 cm³/mol. The zero-order valence-corrected chi connectivity index (χ0v) is 16.1. The van der Waals surface area contributed by atoms with E-state index < -0.39 is 5.82 Å². The molecule has 27 heavy (non-hydrogen) atoms. The Balaban J connectivity index is 1.64. The van der Waals surface area contributed by atoms with Gasteiger partial charge in [-0.05, 0) is 24.6 Å². The highest BCUT2D eigenvalue weighted by Gasteiger charge is 2.25. The molecule has 2 aromatic heterocycles. The maximum Gasteiger partial charge on any atom is 0.271 e. The molecule has 1 N–H and O–H groups in total. The van der Waals surface area contributed by atoms with E-state index in [0.717, 1.165) is 13.0 Å². The molecular formula is C19H21FN4O2S. The first-order chi connectivity index (χ1) is 13.1. The molecule has 0 aliphatic carbocycles. The monoisotopic (exact) mass is 388 g/mol. The SMILES string of the molecule is CC[C@@H]1CN(C(=O)c2csc3nc(-c4ccc(OC)c(F)c4)cn23)CCN1. The summed E-state index contributed by atoms with van der Waals surface area (Å²) in [6.07, 6.45) is 2.78. The van der Waals surface area contributed by atoms with Gasteiger partial charge in [0.1, 0.15) is 5.69 Å². The molecule has 6 nitrogen and oxygen atoms in total. The van der Waals surface area contributed by atoms with Gasteiger partial charge in [-0.2, -0.15) is 0 Å². The summed E-state index contributed by atoms with van der Waals surface area (Å²) in [5.74, 6) is -0.236. The van der Waals surface area contributed by atoms with E-state index in [1.807, 2.05) is 10.3 Å². The average molecular weight is 388 g/mol. The molecule has 8 heteroatoms. The number of thiazole rings is 1. The van der Waals surface area contributed by atoms with Crippen LogP contribution in [0.2, 0.25) is 0 Å². The summed E-state index contributed by atoms with van der Waals surface area (Å²) >= 11 is 1.41. The maximum absolute atomic E-state index is 14.0. The van der Waals surface area contributed by atoms with Gasteiger partial charge >= 0.3 is 0 Å². The third-order valence-electron chi connectivity index (χ3n) is 4.91. The molecule has 3 heterocycles. The minimum absolute atomic E-state index is 0.00561. The van der Waals surface area contributed by atoms with Crippen LogP contribution in [-0.4, -0.2) is 53.0 Å². The Labute approximate surface area is 160 Å². The molecule has 142 valence electrons. The lowest BCUT2D eigenvalue weighted by Gasteiger charge is -2.33. The Bertz CT molecular complexity index is 983. The number of rotatable bonds is 4. The van der Waals surface area contributed by atoms with Gasteiger partial charge in [-0.25, -0.2) is 9.37 Å². The zero-order valence-electron chi connectivity index (χ0n) is 15.2. The van der Waals surface area contributed by atoms with Crippen LogP contribution in [0.5, 0.6) is 5.75 Å². The second-order valence-corrected chi connectivity index (χ2v) is 7.40. The average Bonchev–Trinajstić information content (AvgIpc) is 3.28. The number of piperazine rings is 1. The molecule has 1 aliphatic rings. The number of imidazole rings is 1. The van der Waals surface area contributed by atoms with Crippen LogP contribution >= 0.6 is 11.3 Å². The van der Waals surface area contributed by atoms with Gasteiger partial charge in [-0.3, -0.25) is 9.20 Å². The number of hydrogen-bond acceptors (Lipinski definition) is 5. The number of nitrogens with zero attached hydrogens (tertiary/aromatic N) is 3. The zero-order chi connectivity index (χ0) is 19.0. The molecule has 0 saturated carbocycles. The second-order valence-electron chi connectivity index (χ2n) is 6.56. The molecule has 0 unspecified atom stereocenters. The van der Waals surface area contributed by atoms with Crippen LogP contribution in [0.15, 0.2) is 29.8 Å². The van der Waals surface area contributed by atoms with E-state index in [1.54, 1.807) is 22.7 Å². The van der Waals surface area contributed by atoms with Gasteiger partial charge in [0.2, 0.25) is 0 Å². The number of amides is 1. The topological polar surface area (TPSA) is 58.9 Å². The Kier molecular flexibility index (Phi) is 4.84. The molecule has 0 spiro atoms. The third-order valence-corrected chi connectivity index (χ3v) is 5.75. The van der Waals surface area contributed by atoms with Crippen LogP contribution in [0, 0.1) is 5.82 Å². The number of aromatic nitrogens is 2. The molecule has 1 fully saturated rings. The standard InChI is InChI=1S/C19H21FN4O2S/c1-3-13-9-23(7-6-21-13)18(25)16-11-27-19-22-15(10-24(16)19)12-4-5-17(26-2)14(20)8-12/h4-5,8,10-11,13,21H,3,6-7,9H2,1-2H3/t13-/m1/s1. The summed E-state index contributed by atoms with van der Waals surface area (Å²) in [4.78, 5) is 20.2. The summed E-state index contributed by atoms with van der Waals surface area (Å²) in [7, 11) is 1.43. The molecule has 1 saturated heterocycles. The number of carbonyl (C=O) groups is 1. The molecule has 1 atom stereocenters. The summed E-state index contributed by atoms with van der Waals surface area (Å²) in [5.41, 5.74) is 1.87. The highest BCUT2D eigenvalue weighted by Crippen LogP contribution is 2.28. The maximum atomic E-state index is 14.0. The van der Waals surface area contributed by atoms with Crippen molar-refractivity contribution >= 4 is 22.2 Å². The summed E-state index contributed by atoms with van der Waals surface area (Å²) in [6, 6.07) is 5.07. The lowest BCUT2D eigenvalue weighted by Crippen LogP contribution is -2.52. The van der Waals surface area contributed by atoms with Crippen LogP contribution in [0.4, 0.5) is 4.39 Å². The van der Waals surface area contributed by atoms with E-state index in [0.29, 0.717) is 41.0 Å². The number of halogens is 1. The molecule has 0 radical (unpaired) electrons. The van der Waals surface area contributed by atoms with Crippen LogP contribution in [0.1, 0.15) is 23.8 Å². The first kappa shape index (κ1) is 17.9. The van der Waals surface area contributed by atoms with Crippen molar-refractivity contribution in [1.29, 1.82) is 0 Å². The van der Waals surface area contributed by atoms with E-state index in [4.69, 9.17) is 4.74 Å². The number of carbonyl (C=O) groups excluding carboxylic acids is 1. The van der Waals surface area contributed by atoms with Crippen molar-refractivity contribution in [3.63, 3.8) is 0 Å². The van der Waals surface area contributed by atoms with Gasteiger partial charge in [-0.15, -0.1) is 11.3 Å². The van der Waals surface area contributed by atoms with Crippen LogP contribution in [0.25, 0.3) is 16.2 Å². The summed E-state index contributed by atoms with van der Waals surface area (Å²) in [5, 5.41) is 5.26. The van der Waals surface area contributed by atoms with Crippen LogP contribution in [0.3, 0.4) is 0 Å². The van der Waals surface area contributed by atoms with Crippen LogP contribution < -0.4 is 10.1 Å². The normalized spacial score (nSPS) is 17.4. The fourth-order valence-corrected chi connectivity index (χ4v) is 4.20. The summed E-state index contributed by atoms with van der Waals surface area (Å²) in [6.45, 7) is 4.32. The highest BCUT2D eigenvalue weighted by molar-refractivity contribution is 7.15. The molecule has 0 bridgehead atoms. The fraction of sp³-hybridized carbons (Fsp3) is 0.368. The molecule has 1 aromatic carbocycles. The smallest absolute Gasteiger partial charge is 0.271 e. The van der Waals surface area contributed by atoms with Gasteiger partial charge in [0.25, 0.3) is 5.91 Å². The van der Waals surface area contributed by atoms with E-state index >= 15 is 0 Å². The van der Waals surface area contributed by atoms with Crippen molar-refractivity contribution in [3.8, 4) is 17.0 Å². The molecule has 3 aromatic rings. The van der Waals surface area contributed by atoms with Gasteiger partial charge in [0.05, 0.1) is 12.8 Å². The number of fused-ring (bicyclic) bond motifs is 1. The number of hydrogen-bond donors (Lipinski definition) is 1. The summed E-state index contributed by atoms with van der Waals surface area (Å²) < 4.78 is 20.8. The van der Waals surface area contributed by atoms with Gasteiger partial charge < -0.3 is 15.0 Å². The number of ether oxygens (including phenoxy) is 1. The highest BCUT2D eigenvalue weighted by atomic mass is 32.1. The van der Waals surface area contributed by atoms with E-state index in [9.17, 15) is 9.18 Å². The quantitative estimate of drug-likeness (QED) is 0.746. The number of nitrogens with one attached hydrogen (secondary N) is 1. The van der Waals surface area contributed by atoms with Crippen molar-refractivity contribution in [1.82, 2.24) is 19.6 Å². The van der Waals surface area contributed by atoms with Crippen molar-refractivity contribution < 1.29 is 13.9 Å². The molecular weight excluding hydrogens is 367 g/mol. The largest absolute Gasteiger partial charge is 0.494 e. The van der Waals surface area contributed by atoms with Crippen molar-refractivity contribution in [2.24, 2.45) is 0 Å². The van der Waals surface area contributed by atoms with Gasteiger partial charge in [-0.1, -0.05) is 6.92 Å². The Morgan fingerprint density at radius 1 is 1.48 bits per heavy atom. The Morgan fingerprint density at radius 3 is 3.07 bits per heavy atom. The lowest BCUT2D eigenvalue weighted by molar-refractivity contribution is 0.0695. The molecule has 4 rings (SSSR count).